The SMILES string of the molecule is Cc1nc2nc(-c3ccncc3)[nH]n2c1C=O. The maximum Gasteiger partial charge on any atom is 0.251 e. The van der Waals surface area contributed by atoms with Gasteiger partial charge in [0.15, 0.2) is 12.1 Å². The molecule has 0 radical (unpaired) electrons. The summed E-state index contributed by atoms with van der Waals surface area (Å²) in [4.78, 5) is 23.4. The predicted molar refractivity (Wildman–Crippen MR) is 60.7 cm³/mol. The first-order chi connectivity index (χ1) is 8.29. The van der Waals surface area contributed by atoms with Gasteiger partial charge in [-0.3, -0.25) is 14.9 Å². The Morgan fingerprint density at radius 2 is 2.06 bits per heavy atom. The quantitative estimate of drug-likeness (QED) is 0.668. The second-order valence-corrected chi connectivity index (χ2v) is 3.64. The molecule has 1 N–H and O–H groups in total. The van der Waals surface area contributed by atoms with Gasteiger partial charge in [0.1, 0.15) is 5.69 Å². The highest BCUT2D eigenvalue weighted by molar-refractivity contribution is 5.75. The Balaban J connectivity index is 2.21. The molecule has 3 aromatic heterocycles. The summed E-state index contributed by atoms with van der Waals surface area (Å²) in [5, 5.41) is 3.04. The van der Waals surface area contributed by atoms with Crippen molar-refractivity contribution in [1.82, 2.24) is 24.6 Å². The predicted octanol–water partition coefficient (Wildman–Crippen LogP) is 1.24. The molecule has 3 heterocycles. The molecule has 6 nitrogen and oxygen atoms in total. The molecule has 3 aromatic rings. The van der Waals surface area contributed by atoms with E-state index in [2.05, 4.69) is 20.1 Å². The number of hydrogen-bond donors (Lipinski definition) is 1. The van der Waals surface area contributed by atoms with E-state index >= 15 is 0 Å². The van der Waals surface area contributed by atoms with E-state index in [0.29, 0.717) is 23.0 Å². The third-order valence-corrected chi connectivity index (χ3v) is 2.57. The van der Waals surface area contributed by atoms with E-state index in [-0.39, 0.29) is 0 Å². The summed E-state index contributed by atoms with van der Waals surface area (Å²) in [6.45, 7) is 1.78. The molecule has 0 aliphatic heterocycles. The van der Waals surface area contributed by atoms with Crippen molar-refractivity contribution >= 4 is 12.1 Å². The molecule has 0 aliphatic rings. The lowest BCUT2D eigenvalue weighted by Crippen LogP contribution is -1.93. The highest BCUT2D eigenvalue weighted by Crippen LogP contribution is 2.16. The number of carbonyl (C=O) groups excluding carboxylic acids is 1. The van der Waals surface area contributed by atoms with E-state index in [0.717, 1.165) is 11.8 Å². The van der Waals surface area contributed by atoms with Gasteiger partial charge >= 0.3 is 0 Å². The van der Waals surface area contributed by atoms with Gasteiger partial charge in [0.25, 0.3) is 5.78 Å². The Kier molecular flexibility index (Phi) is 2.01. The molecular weight excluding hydrogens is 218 g/mol. The van der Waals surface area contributed by atoms with Crippen molar-refractivity contribution in [3.63, 3.8) is 0 Å². The Hall–Kier alpha value is -2.50. The minimum Gasteiger partial charge on any atom is -0.296 e. The standard InChI is InChI=1S/C11H9N5O/c1-7-9(6-17)16-11(13-7)14-10(15-16)8-2-4-12-5-3-8/h2-6H,1H3,(H,13,14,15). The largest absolute Gasteiger partial charge is 0.296 e. The van der Waals surface area contributed by atoms with Crippen LogP contribution in [0, 0.1) is 6.92 Å². The molecule has 0 spiro atoms. The summed E-state index contributed by atoms with van der Waals surface area (Å²) < 4.78 is 1.58. The smallest absolute Gasteiger partial charge is 0.251 e. The number of nitrogens with one attached hydrogen (secondary N) is 1. The zero-order valence-electron chi connectivity index (χ0n) is 9.08. The van der Waals surface area contributed by atoms with Crippen LogP contribution in [0.1, 0.15) is 16.2 Å². The van der Waals surface area contributed by atoms with Gasteiger partial charge in [-0.05, 0) is 19.1 Å². The van der Waals surface area contributed by atoms with Crippen molar-refractivity contribution in [2.45, 2.75) is 6.92 Å². The van der Waals surface area contributed by atoms with Gasteiger partial charge in [0.05, 0.1) is 5.69 Å². The van der Waals surface area contributed by atoms with Crippen molar-refractivity contribution in [3.05, 3.63) is 35.9 Å². The number of fused-ring (bicyclic) bond motifs is 1. The minimum atomic E-state index is 0.493. The first-order valence-electron chi connectivity index (χ1n) is 5.10. The normalized spacial score (nSPS) is 10.9. The van der Waals surface area contributed by atoms with Crippen molar-refractivity contribution in [2.24, 2.45) is 0 Å². The van der Waals surface area contributed by atoms with Gasteiger partial charge in [0.2, 0.25) is 0 Å². The first kappa shape index (κ1) is 9.71. The fourth-order valence-corrected chi connectivity index (χ4v) is 1.72. The lowest BCUT2D eigenvalue weighted by Gasteiger charge is -1.94. The summed E-state index contributed by atoms with van der Waals surface area (Å²) in [7, 11) is 0. The fraction of sp³-hybridized carbons (Fsp3) is 0.0909. The molecule has 17 heavy (non-hydrogen) atoms. The van der Waals surface area contributed by atoms with Gasteiger partial charge in [0, 0.05) is 18.0 Å². The van der Waals surface area contributed by atoms with Crippen LogP contribution in [0.5, 0.6) is 0 Å². The summed E-state index contributed by atoms with van der Waals surface area (Å²) >= 11 is 0. The topological polar surface area (TPSA) is 75.9 Å². The molecule has 0 unspecified atom stereocenters. The number of aromatic nitrogens is 5. The van der Waals surface area contributed by atoms with E-state index in [1.165, 1.54) is 0 Å². The fourth-order valence-electron chi connectivity index (χ4n) is 1.72. The zero-order chi connectivity index (χ0) is 11.8. The number of pyridine rings is 1. The Labute approximate surface area is 96.3 Å². The molecule has 0 bridgehead atoms. The average Bonchev–Trinajstić information content (AvgIpc) is 2.86. The first-order valence-corrected chi connectivity index (χ1v) is 5.10. The van der Waals surface area contributed by atoms with Crippen LogP contribution in [-0.2, 0) is 0 Å². The molecule has 0 atom stereocenters. The number of H-pyrrole nitrogens is 1. The number of rotatable bonds is 2. The van der Waals surface area contributed by atoms with Crippen LogP contribution in [0.4, 0.5) is 0 Å². The highest BCUT2D eigenvalue weighted by Gasteiger charge is 2.12. The maximum atomic E-state index is 10.9. The van der Waals surface area contributed by atoms with Crippen molar-refractivity contribution < 1.29 is 4.79 Å². The van der Waals surface area contributed by atoms with E-state index in [1.54, 1.807) is 23.8 Å². The van der Waals surface area contributed by atoms with Crippen LogP contribution >= 0.6 is 0 Å². The van der Waals surface area contributed by atoms with Crippen molar-refractivity contribution in [2.75, 3.05) is 0 Å². The van der Waals surface area contributed by atoms with E-state index in [9.17, 15) is 4.79 Å². The minimum absolute atomic E-state index is 0.493. The third-order valence-electron chi connectivity index (χ3n) is 2.57. The maximum absolute atomic E-state index is 10.9. The summed E-state index contributed by atoms with van der Waals surface area (Å²) in [6, 6.07) is 3.68. The van der Waals surface area contributed by atoms with Gasteiger partial charge in [-0.2, -0.15) is 4.98 Å². The number of aromatic amines is 1. The Bertz CT molecular complexity index is 683. The molecule has 0 amide bonds. The van der Waals surface area contributed by atoms with Crippen molar-refractivity contribution in [1.29, 1.82) is 0 Å². The number of carbonyl (C=O) groups is 1. The molecule has 0 aliphatic carbocycles. The second kappa shape index (κ2) is 3.51. The number of imidazole rings is 1. The van der Waals surface area contributed by atoms with Crippen LogP contribution in [-0.4, -0.2) is 30.9 Å². The van der Waals surface area contributed by atoms with Gasteiger partial charge in [-0.15, -0.1) is 0 Å². The molecule has 3 rings (SSSR count). The monoisotopic (exact) mass is 227 g/mol. The Morgan fingerprint density at radius 3 is 2.76 bits per heavy atom. The summed E-state index contributed by atoms with van der Waals surface area (Å²) in [5.74, 6) is 1.16. The van der Waals surface area contributed by atoms with Gasteiger partial charge in [-0.1, -0.05) is 0 Å². The van der Waals surface area contributed by atoms with E-state index in [1.807, 2.05) is 12.1 Å². The van der Waals surface area contributed by atoms with Crippen LogP contribution in [0.3, 0.4) is 0 Å². The second-order valence-electron chi connectivity index (χ2n) is 3.64. The summed E-state index contributed by atoms with van der Waals surface area (Å²) in [6.07, 6.45) is 4.14. The molecule has 0 saturated heterocycles. The van der Waals surface area contributed by atoms with E-state index in [4.69, 9.17) is 0 Å². The number of nitrogens with zero attached hydrogens (tertiary/aromatic N) is 4. The van der Waals surface area contributed by atoms with Crippen LogP contribution < -0.4 is 0 Å². The number of aryl methyl sites for hydroxylation is 1. The lowest BCUT2D eigenvalue weighted by molar-refractivity contribution is 0.111. The molecule has 6 heteroatoms. The molecular formula is C11H9N5O. The lowest BCUT2D eigenvalue weighted by atomic mass is 10.3. The molecule has 84 valence electrons. The zero-order valence-corrected chi connectivity index (χ0v) is 9.08. The molecule has 0 aromatic carbocycles. The van der Waals surface area contributed by atoms with E-state index < -0.39 is 0 Å². The van der Waals surface area contributed by atoms with Crippen LogP contribution in [0.2, 0.25) is 0 Å². The molecule has 0 saturated carbocycles. The Morgan fingerprint density at radius 1 is 1.29 bits per heavy atom. The average molecular weight is 227 g/mol. The number of hydrogen-bond acceptors (Lipinski definition) is 4. The van der Waals surface area contributed by atoms with Crippen LogP contribution in [0.25, 0.3) is 17.2 Å². The molecule has 0 fully saturated rings. The van der Waals surface area contributed by atoms with Crippen molar-refractivity contribution in [3.8, 4) is 11.4 Å². The highest BCUT2D eigenvalue weighted by atomic mass is 16.1. The summed E-state index contributed by atoms with van der Waals surface area (Å²) in [5.41, 5.74) is 2.06. The third kappa shape index (κ3) is 1.42. The van der Waals surface area contributed by atoms with Gasteiger partial charge < -0.3 is 0 Å². The van der Waals surface area contributed by atoms with Gasteiger partial charge in [-0.25, -0.2) is 9.50 Å². The van der Waals surface area contributed by atoms with Crippen LogP contribution in [0.15, 0.2) is 24.5 Å². The number of aldehydes is 1.